The predicted molar refractivity (Wildman–Crippen MR) is 162 cm³/mol. The van der Waals surface area contributed by atoms with Gasteiger partial charge in [-0.05, 0) is 59.9 Å². The summed E-state index contributed by atoms with van der Waals surface area (Å²) in [4.78, 5) is 45.2. The summed E-state index contributed by atoms with van der Waals surface area (Å²) in [6, 6.07) is 19.5. The van der Waals surface area contributed by atoms with Crippen molar-refractivity contribution < 1.29 is 28.6 Å². The molecule has 216 valence electrons. The molecule has 3 aromatic carbocycles. The topological polar surface area (TPSA) is 106 Å². The molecular formula is C35H24N2O6S. The molecule has 0 saturated carbocycles. The predicted octanol–water partition coefficient (Wildman–Crippen LogP) is 5.90. The highest BCUT2D eigenvalue weighted by atomic mass is 32.1. The molecule has 1 saturated heterocycles. The van der Waals surface area contributed by atoms with Crippen LogP contribution in [0.3, 0.4) is 0 Å². The Kier molecular flexibility index (Phi) is 5.39. The zero-order chi connectivity index (χ0) is 29.7. The standard InChI is InChI=1S/C35H24N2O6S/c36-15-24-20-7-3-4-8-27(20)44-34(24)37-32(38)28-22(18-10-12-25-26(13-18)42-16-41-25)14-23-21-11-9-17-5-1-2-6-19(17)31(21)43-35(40)29(23)30(28)33(37)39/h1-2,5-6,9-14,22,28-30H,3-4,7-8,16H2/t22-,28+,29-,30+/m1/s1. The van der Waals surface area contributed by atoms with E-state index < -0.39 is 41.5 Å². The molecule has 8 nitrogen and oxygen atoms in total. The maximum Gasteiger partial charge on any atom is 0.319 e. The van der Waals surface area contributed by atoms with Crippen LogP contribution in [0, 0.1) is 29.1 Å². The summed E-state index contributed by atoms with van der Waals surface area (Å²) >= 11 is 1.36. The van der Waals surface area contributed by atoms with Crippen LogP contribution >= 0.6 is 11.3 Å². The highest BCUT2D eigenvalue weighted by molar-refractivity contribution is 7.17. The molecule has 0 bridgehead atoms. The van der Waals surface area contributed by atoms with Crippen LogP contribution in [0.4, 0.5) is 5.00 Å². The van der Waals surface area contributed by atoms with Crippen LogP contribution in [0.25, 0.3) is 16.3 Å². The van der Waals surface area contributed by atoms with E-state index in [4.69, 9.17) is 14.2 Å². The quantitative estimate of drug-likeness (QED) is 0.160. The van der Waals surface area contributed by atoms with Gasteiger partial charge in [-0.25, -0.2) is 4.90 Å². The number of esters is 1. The molecule has 9 rings (SSSR count). The van der Waals surface area contributed by atoms with Gasteiger partial charge in [-0.3, -0.25) is 14.4 Å². The second-order valence-corrected chi connectivity index (χ2v) is 13.0. The van der Waals surface area contributed by atoms with Gasteiger partial charge >= 0.3 is 5.97 Å². The number of aryl methyl sites for hydroxylation is 1. The van der Waals surface area contributed by atoms with Crippen LogP contribution in [0.2, 0.25) is 0 Å². The van der Waals surface area contributed by atoms with Crippen LogP contribution in [-0.2, 0) is 27.2 Å². The van der Waals surface area contributed by atoms with E-state index in [0.29, 0.717) is 33.4 Å². The Labute approximate surface area is 256 Å². The summed E-state index contributed by atoms with van der Waals surface area (Å²) in [5, 5.41) is 12.3. The summed E-state index contributed by atoms with van der Waals surface area (Å²) in [5.41, 5.74) is 3.55. The molecule has 2 aliphatic carbocycles. The zero-order valence-electron chi connectivity index (χ0n) is 23.4. The van der Waals surface area contributed by atoms with E-state index >= 15 is 0 Å². The number of benzene rings is 3. The molecule has 4 heterocycles. The van der Waals surface area contributed by atoms with Crippen molar-refractivity contribution in [1.29, 1.82) is 5.26 Å². The molecule has 1 fully saturated rings. The van der Waals surface area contributed by atoms with E-state index in [0.717, 1.165) is 58.0 Å². The van der Waals surface area contributed by atoms with Crippen LogP contribution in [0.1, 0.15) is 45.9 Å². The second kappa shape index (κ2) is 9.28. The molecule has 2 amide bonds. The van der Waals surface area contributed by atoms with Crippen molar-refractivity contribution >= 4 is 50.5 Å². The highest BCUT2D eigenvalue weighted by Crippen LogP contribution is 2.57. The van der Waals surface area contributed by atoms with Gasteiger partial charge in [0.15, 0.2) is 11.5 Å². The van der Waals surface area contributed by atoms with Crippen molar-refractivity contribution in [3.8, 4) is 23.3 Å². The van der Waals surface area contributed by atoms with Gasteiger partial charge in [0, 0.05) is 21.7 Å². The van der Waals surface area contributed by atoms with Crippen LogP contribution in [0.5, 0.6) is 17.2 Å². The van der Waals surface area contributed by atoms with Gasteiger partial charge in [0.1, 0.15) is 16.8 Å². The molecule has 9 heteroatoms. The molecule has 5 aliphatic rings. The SMILES string of the molecule is N#Cc1c(N2C(=O)[C@@H]3[C@@H]4C(=O)Oc5c(ccc6ccccc56)C4=C[C@H](c4ccc5c(c4)OCO5)[C@@H]3C2=O)sc2c1CCCC2. The lowest BCUT2D eigenvalue weighted by Gasteiger charge is -2.38. The number of thiophene rings is 1. The Morgan fingerprint density at radius 1 is 0.909 bits per heavy atom. The van der Waals surface area contributed by atoms with Gasteiger partial charge in [0.05, 0.1) is 23.3 Å². The maximum absolute atomic E-state index is 14.5. The summed E-state index contributed by atoms with van der Waals surface area (Å²) in [6.07, 6.45) is 5.52. The number of rotatable bonds is 2. The van der Waals surface area contributed by atoms with Crippen LogP contribution in [0.15, 0.2) is 60.7 Å². The number of ether oxygens (including phenoxy) is 3. The van der Waals surface area contributed by atoms with Crippen molar-refractivity contribution in [2.24, 2.45) is 17.8 Å². The van der Waals surface area contributed by atoms with E-state index in [1.807, 2.05) is 60.7 Å². The Bertz CT molecular complexity index is 2050. The lowest BCUT2D eigenvalue weighted by atomic mass is 9.64. The third-order valence-electron chi connectivity index (χ3n) is 9.73. The zero-order valence-corrected chi connectivity index (χ0v) is 24.2. The van der Waals surface area contributed by atoms with Crippen LogP contribution in [-0.4, -0.2) is 24.6 Å². The minimum Gasteiger partial charge on any atom is -0.454 e. The van der Waals surface area contributed by atoms with Crippen molar-refractivity contribution in [1.82, 2.24) is 0 Å². The van der Waals surface area contributed by atoms with E-state index in [1.165, 1.54) is 16.2 Å². The first kappa shape index (κ1) is 25.5. The normalized spacial score (nSPS) is 24.7. The molecule has 0 N–H and O–H groups in total. The highest BCUT2D eigenvalue weighted by Gasteiger charge is 2.61. The molecule has 44 heavy (non-hydrogen) atoms. The number of hydrogen-bond acceptors (Lipinski definition) is 8. The largest absolute Gasteiger partial charge is 0.454 e. The number of nitrogens with zero attached hydrogens (tertiary/aromatic N) is 2. The average molecular weight is 601 g/mol. The van der Waals surface area contributed by atoms with Gasteiger partial charge < -0.3 is 14.2 Å². The lowest BCUT2D eigenvalue weighted by molar-refractivity contribution is -0.142. The third-order valence-corrected chi connectivity index (χ3v) is 11.0. The molecule has 3 aliphatic heterocycles. The number of allylic oxidation sites excluding steroid dienone is 1. The van der Waals surface area contributed by atoms with Crippen molar-refractivity contribution in [3.63, 3.8) is 0 Å². The molecule has 1 aromatic heterocycles. The summed E-state index contributed by atoms with van der Waals surface area (Å²) in [6.45, 7) is 0.107. The minimum absolute atomic E-state index is 0.107. The number of hydrogen-bond donors (Lipinski definition) is 0. The first-order valence-corrected chi connectivity index (χ1v) is 15.6. The number of anilines is 1. The minimum atomic E-state index is -0.990. The fourth-order valence-corrected chi connectivity index (χ4v) is 9.11. The first-order chi connectivity index (χ1) is 21.5. The number of carbonyl (C=O) groups excluding carboxylic acids is 3. The molecular weight excluding hydrogens is 576 g/mol. The Balaban J connectivity index is 1.25. The van der Waals surface area contributed by atoms with Crippen LogP contribution < -0.4 is 19.1 Å². The maximum atomic E-state index is 14.5. The fourth-order valence-electron chi connectivity index (χ4n) is 7.76. The number of carbonyl (C=O) groups is 3. The first-order valence-electron chi connectivity index (χ1n) is 14.8. The Morgan fingerprint density at radius 2 is 1.73 bits per heavy atom. The molecule has 4 atom stereocenters. The van der Waals surface area contributed by atoms with Crippen molar-refractivity contribution in [2.45, 2.75) is 31.6 Å². The Morgan fingerprint density at radius 3 is 2.61 bits per heavy atom. The monoisotopic (exact) mass is 600 g/mol. The number of nitriles is 1. The molecule has 4 aromatic rings. The lowest BCUT2D eigenvalue weighted by Crippen LogP contribution is -2.42. The van der Waals surface area contributed by atoms with E-state index in [2.05, 4.69) is 6.07 Å². The number of fused-ring (bicyclic) bond motifs is 9. The van der Waals surface area contributed by atoms with Crippen molar-refractivity contribution in [2.75, 3.05) is 11.7 Å². The van der Waals surface area contributed by atoms with E-state index in [1.54, 1.807) is 0 Å². The molecule has 0 spiro atoms. The summed E-state index contributed by atoms with van der Waals surface area (Å²) in [5.74, 6) is -3.11. The third kappa shape index (κ3) is 3.40. The molecule has 0 unspecified atom stereocenters. The fraction of sp³-hybridized carbons (Fsp3) is 0.257. The smallest absolute Gasteiger partial charge is 0.319 e. The van der Waals surface area contributed by atoms with Gasteiger partial charge in [0.25, 0.3) is 0 Å². The van der Waals surface area contributed by atoms with Gasteiger partial charge in [-0.1, -0.05) is 48.5 Å². The van der Waals surface area contributed by atoms with Gasteiger partial charge in [-0.2, -0.15) is 5.26 Å². The molecule has 0 radical (unpaired) electrons. The summed E-state index contributed by atoms with van der Waals surface area (Å²) in [7, 11) is 0. The van der Waals surface area contributed by atoms with Gasteiger partial charge in [0.2, 0.25) is 18.6 Å². The second-order valence-electron chi connectivity index (χ2n) is 11.9. The van der Waals surface area contributed by atoms with Gasteiger partial charge in [-0.15, -0.1) is 11.3 Å². The number of amides is 2. The van der Waals surface area contributed by atoms with Crippen molar-refractivity contribution in [3.05, 3.63) is 87.8 Å². The summed E-state index contributed by atoms with van der Waals surface area (Å²) < 4.78 is 17.2. The van der Waals surface area contributed by atoms with E-state index in [-0.39, 0.29) is 6.79 Å². The average Bonchev–Trinajstić information content (AvgIpc) is 3.74. The Hall–Kier alpha value is -4.94. The number of imide groups is 1. The van der Waals surface area contributed by atoms with E-state index in [9.17, 15) is 19.6 Å².